The number of nitrogens with zero attached hydrogens (tertiary/aromatic N) is 1. The number of thiophene rings is 2. The SMILES string of the molecule is CNC(=O)CNCc1nc2scc(-c3ccc(C)s3)c2c(=O)[nH]1. The molecule has 0 spiro atoms. The number of hydrogen-bond acceptors (Lipinski definition) is 6. The number of aryl methyl sites for hydroxylation is 1. The van der Waals surface area contributed by atoms with Crippen LogP contribution >= 0.6 is 22.7 Å². The lowest BCUT2D eigenvalue weighted by molar-refractivity contribution is -0.119. The third-order valence-electron chi connectivity index (χ3n) is 3.36. The third kappa shape index (κ3) is 3.34. The number of fused-ring (bicyclic) bond motifs is 1. The van der Waals surface area contributed by atoms with Crippen molar-refractivity contribution in [1.29, 1.82) is 0 Å². The lowest BCUT2D eigenvalue weighted by Gasteiger charge is -2.03. The fourth-order valence-corrected chi connectivity index (χ4v) is 4.14. The molecule has 0 saturated heterocycles. The summed E-state index contributed by atoms with van der Waals surface area (Å²) in [7, 11) is 1.58. The predicted octanol–water partition coefficient (Wildman–Crippen LogP) is 1.86. The van der Waals surface area contributed by atoms with Crippen molar-refractivity contribution in [2.75, 3.05) is 13.6 Å². The van der Waals surface area contributed by atoms with Gasteiger partial charge in [0, 0.05) is 27.7 Å². The van der Waals surface area contributed by atoms with Crippen LogP contribution in [0.2, 0.25) is 0 Å². The standard InChI is InChI=1S/C15H16N4O2S2/c1-8-3-4-10(23-8)9-7-22-15-13(9)14(21)18-11(19-15)5-17-6-12(20)16-2/h3-4,7,17H,5-6H2,1-2H3,(H,16,20)(H,18,19,21). The molecule has 8 heteroatoms. The van der Waals surface area contributed by atoms with Crippen LogP contribution in [-0.2, 0) is 11.3 Å². The van der Waals surface area contributed by atoms with E-state index in [0.717, 1.165) is 10.4 Å². The zero-order valence-corrected chi connectivity index (χ0v) is 14.4. The summed E-state index contributed by atoms with van der Waals surface area (Å²) >= 11 is 3.12. The predicted molar refractivity (Wildman–Crippen MR) is 94.1 cm³/mol. The van der Waals surface area contributed by atoms with E-state index in [0.29, 0.717) is 22.6 Å². The highest BCUT2D eigenvalue weighted by atomic mass is 32.1. The maximum Gasteiger partial charge on any atom is 0.260 e. The lowest BCUT2D eigenvalue weighted by Crippen LogP contribution is -2.31. The van der Waals surface area contributed by atoms with E-state index in [1.54, 1.807) is 18.4 Å². The molecule has 23 heavy (non-hydrogen) atoms. The summed E-state index contributed by atoms with van der Waals surface area (Å²) < 4.78 is 0. The Morgan fingerprint density at radius 2 is 2.22 bits per heavy atom. The Balaban J connectivity index is 1.89. The van der Waals surface area contributed by atoms with E-state index in [1.165, 1.54) is 16.2 Å². The van der Waals surface area contributed by atoms with Crippen molar-refractivity contribution >= 4 is 38.8 Å². The van der Waals surface area contributed by atoms with E-state index in [-0.39, 0.29) is 18.0 Å². The first-order valence-electron chi connectivity index (χ1n) is 7.07. The molecule has 0 atom stereocenters. The molecule has 3 N–H and O–H groups in total. The summed E-state index contributed by atoms with van der Waals surface area (Å²) in [6.45, 7) is 2.56. The number of carbonyl (C=O) groups excluding carboxylic acids is 1. The van der Waals surface area contributed by atoms with E-state index >= 15 is 0 Å². The molecule has 0 unspecified atom stereocenters. The zero-order chi connectivity index (χ0) is 16.4. The van der Waals surface area contributed by atoms with Crippen LogP contribution in [0.25, 0.3) is 20.7 Å². The number of aromatic nitrogens is 2. The van der Waals surface area contributed by atoms with Gasteiger partial charge in [0.2, 0.25) is 5.91 Å². The second kappa shape index (κ2) is 6.61. The van der Waals surface area contributed by atoms with Gasteiger partial charge in [-0.2, -0.15) is 0 Å². The van der Waals surface area contributed by atoms with Crippen LogP contribution in [0.3, 0.4) is 0 Å². The molecule has 0 saturated carbocycles. The summed E-state index contributed by atoms with van der Waals surface area (Å²) in [5, 5.41) is 8.08. The molecule has 0 aliphatic carbocycles. The Morgan fingerprint density at radius 3 is 2.91 bits per heavy atom. The number of rotatable bonds is 5. The molecule has 1 amide bonds. The van der Waals surface area contributed by atoms with Gasteiger partial charge >= 0.3 is 0 Å². The highest BCUT2D eigenvalue weighted by Crippen LogP contribution is 2.34. The first-order valence-corrected chi connectivity index (χ1v) is 8.76. The van der Waals surface area contributed by atoms with Crippen LogP contribution in [0.5, 0.6) is 0 Å². The molecule has 0 bridgehead atoms. The summed E-state index contributed by atoms with van der Waals surface area (Å²) in [5.74, 6) is 0.419. The Hall–Kier alpha value is -2.03. The van der Waals surface area contributed by atoms with Crippen molar-refractivity contribution < 1.29 is 4.79 Å². The van der Waals surface area contributed by atoms with Gasteiger partial charge in [-0.1, -0.05) is 0 Å². The lowest BCUT2D eigenvalue weighted by atomic mass is 10.2. The molecule has 0 radical (unpaired) electrons. The van der Waals surface area contributed by atoms with Crippen LogP contribution in [0.1, 0.15) is 10.7 Å². The highest BCUT2D eigenvalue weighted by Gasteiger charge is 2.14. The summed E-state index contributed by atoms with van der Waals surface area (Å²) in [6, 6.07) is 4.07. The Bertz CT molecular complexity index is 910. The van der Waals surface area contributed by atoms with Gasteiger partial charge in [0.25, 0.3) is 5.56 Å². The average Bonchev–Trinajstić information content (AvgIpc) is 3.13. The van der Waals surface area contributed by atoms with Crippen LogP contribution in [-0.4, -0.2) is 29.5 Å². The van der Waals surface area contributed by atoms with Crippen LogP contribution < -0.4 is 16.2 Å². The van der Waals surface area contributed by atoms with Crippen LogP contribution in [0, 0.1) is 6.92 Å². The van der Waals surface area contributed by atoms with Crippen molar-refractivity contribution in [3.63, 3.8) is 0 Å². The number of carbonyl (C=O) groups is 1. The molecule has 0 aromatic carbocycles. The minimum absolute atomic E-state index is 0.111. The second-order valence-electron chi connectivity index (χ2n) is 5.03. The van der Waals surface area contributed by atoms with E-state index in [9.17, 15) is 9.59 Å². The fraction of sp³-hybridized carbons (Fsp3) is 0.267. The number of amides is 1. The van der Waals surface area contributed by atoms with Crippen molar-refractivity contribution in [3.8, 4) is 10.4 Å². The molecule has 6 nitrogen and oxygen atoms in total. The monoisotopic (exact) mass is 348 g/mol. The molecule has 0 fully saturated rings. The largest absolute Gasteiger partial charge is 0.358 e. The van der Waals surface area contributed by atoms with Crippen LogP contribution in [0.4, 0.5) is 0 Å². The molecule has 120 valence electrons. The van der Waals surface area contributed by atoms with E-state index in [1.807, 2.05) is 24.4 Å². The minimum atomic E-state index is -0.144. The number of likely N-dealkylation sites (N-methyl/N-ethyl adjacent to an activating group) is 1. The molecule has 3 rings (SSSR count). The molecule has 3 heterocycles. The van der Waals surface area contributed by atoms with Gasteiger partial charge < -0.3 is 15.6 Å². The quantitative estimate of drug-likeness (QED) is 0.657. The van der Waals surface area contributed by atoms with Crippen molar-refractivity contribution in [3.05, 3.63) is 38.6 Å². The molecular formula is C15H16N4O2S2. The van der Waals surface area contributed by atoms with E-state index < -0.39 is 0 Å². The molecule has 0 aliphatic heterocycles. The van der Waals surface area contributed by atoms with Gasteiger partial charge in [-0.25, -0.2) is 4.98 Å². The van der Waals surface area contributed by atoms with Crippen molar-refractivity contribution in [2.24, 2.45) is 0 Å². The van der Waals surface area contributed by atoms with Gasteiger partial charge in [-0.05, 0) is 19.1 Å². The van der Waals surface area contributed by atoms with E-state index in [4.69, 9.17) is 0 Å². The number of nitrogens with one attached hydrogen (secondary N) is 3. The third-order valence-corrected chi connectivity index (χ3v) is 5.26. The zero-order valence-electron chi connectivity index (χ0n) is 12.7. The number of H-pyrrole nitrogens is 1. The summed E-state index contributed by atoms with van der Waals surface area (Å²) in [4.78, 5) is 33.9. The highest BCUT2D eigenvalue weighted by molar-refractivity contribution is 7.19. The first-order chi connectivity index (χ1) is 11.1. The average molecular weight is 348 g/mol. The summed E-state index contributed by atoms with van der Waals surface area (Å²) in [5.41, 5.74) is 0.788. The maximum atomic E-state index is 12.4. The topological polar surface area (TPSA) is 86.9 Å². The minimum Gasteiger partial charge on any atom is -0.358 e. The van der Waals surface area contributed by atoms with Gasteiger partial charge in [-0.3, -0.25) is 9.59 Å². The normalized spacial score (nSPS) is 11.0. The van der Waals surface area contributed by atoms with E-state index in [2.05, 4.69) is 20.6 Å². The number of aromatic amines is 1. The summed E-state index contributed by atoms with van der Waals surface area (Å²) in [6.07, 6.45) is 0. The molecular weight excluding hydrogens is 332 g/mol. The Labute approximate surface area is 140 Å². The molecule has 3 aromatic rings. The molecule has 3 aromatic heterocycles. The second-order valence-corrected chi connectivity index (χ2v) is 7.18. The van der Waals surface area contributed by atoms with Gasteiger partial charge in [0.15, 0.2) is 0 Å². The fourth-order valence-electron chi connectivity index (χ4n) is 2.22. The molecule has 0 aliphatic rings. The van der Waals surface area contributed by atoms with Gasteiger partial charge in [-0.15, -0.1) is 22.7 Å². The maximum absolute atomic E-state index is 12.4. The number of hydrogen-bond donors (Lipinski definition) is 3. The van der Waals surface area contributed by atoms with Gasteiger partial charge in [0.1, 0.15) is 10.7 Å². The Kier molecular flexibility index (Phi) is 4.56. The Morgan fingerprint density at radius 1 is 1.39 bits per heavy atom. The smallest absolute Gasteiger partial charge is 0.260 e. The van der Waals surface area contributed by atoms with Gasteiger partial charge in [0.05, 0.1) is 18.5 Å². The van der Waals surface area contributed by atoms with Crippen molar-refractivity contribution in [1.82, 2.24) is 20.6 Å². The van der Waals surface area contributed by atoms with Crippen LogP contribution in [0.15, 0.2) is 22.3 Å². The van der Waals surface area contributed by atoms with Crippen molar-refractivity contribution in [2.45, 2.75) is 13.5 Å². The first kappa shape index (κ1) is 15.9.